The molecule has 1 saturated carbocycles. The van der Waals surface area contributed by atoms with Crippen molar-refractivity contribution < 1.29 is 14.3 Å². The molecule has 4 nitrogen and oxygen atoms in total. The normalized spacial score (nSPS) is 17.4. The van der Waals surface area contributed by atoms with Gasteiger partial charge < -0.3 is 10.1 Å². The van der Waals surface area contributed by atoms with Crippen LogP contribution in [0.3, 0.4) is 0 Å². The maximum absolute atomic E-state index is 11.4. The molecule has 0 saturated heterocycles. The lowest BCUT2D eigenvalue weighted by molar-refractivity contribution is -0.144. The van der Waals surface area contributed by atoms with Crippen molar-refractivity contribution in [1.82, 2.24) is 5.32 Å². The summed E-state index contributed by atoms with van der Waals surface area (Å²) in [6, 6.07) is 0. The van der Waals surface area contributed by atoms with Gasteiger partial charge in [0.05, 0.1) is 13.0 Å². The highest BCUT2D eigenvalue weighted by atomic mass is 16.5. The SMILES string of the molecule is CCOC(=O)CCC(=O)NCC1(C)CCC1. The predicted octanol–water partition coefficient (Wildman–Crippen LogP) is 1.64. The van der Waals surface area contributed by atoms with E-state index in [0.29, 0.717) is 12.0 Å². The molecule has 16 heavy (non-hydrogen) atoms. The first-order valence-electron chi connectivity index (χ1n) is 5.98. The number of hydrogen-bond acceptors (Lipinski definition) is 3. The van der Waals surface area contributed by atoms with Crippen LogP contribution in [0.4, 0.5) is 0 Å². The Morgan fingerprint density at radius 3 is 2.50 bits per heavy atom. The Bertz CT molecular complexity index is 259. The van der Waals surface area contributed by atoms with E-state index in [-0.39, 0.29) is 24.7 Å². The average molecular weight is 227 g/mol. The van der Waals surface area contributed by atoms with Gasteiger partial charge in [0.2, 0.25) is 5.91 Å². The molecule has 0 aromatic rings. The lowest BCUT2D eigenvalue weighted by Crippen LogP contribution is -2.40. The van der Waals surface area contributed by atoms with E-state index in [1.54, 1.807) is 6.92 Å². The minimum absolute atomic E-state index is 0.0545. The lowest BCUT2D eigenvalue weighted by Gasteiger charge is -2.38. The highest BCUT2D eigenvalue weighted by Crippen LogP contribution is 2.39. The van der Waals surface area contributed by atoms with Crippen LogP contribution in [0, 0.1) is 5.41 Å². The molecular formula is C12H21NO3. The van der Waals surface area contributed by atoms with E-state index >= 15 is 0 Å². The van der Waals surface area contributed by atoms with Crippen molar-refractivity contribution >= 4 is 11.9 Å². The Kier molecular flexibility index (Phi) is 4.77. The second-order valence-electron chi connectivity index (χ2n) is 4.75. The molecule has 1 rings (SSSR count). The number of hydrogen-bond donors (Lipinski definition) is 1. The standard InChI is InChI=1S/C12H21NO3/c1-3-16-11(15)6-5-10(14)13-9-12(2)7-4-8-12/h3-9H2,1-2H3,(H,13,14). The molecule has 1 amide bonds. The van der Waals surface area contributed by atoms with Crippen LogP contribution >= 0.6 is 0 Å². The number of rotatable bonds is 6. The van der Waals surface area contributed by atoms with Crippen LogP contribution in [0.5, 0.6) is 0 Å². The minimum Gasteiger partial charge on any atom is -0.466 e. The van der Waals surface area contributed by atoms with Gasteiger partial charge in [0, 0.05) is 13.0 Å². The zero-order chi connectivity index (χ0) is 12.0. The third kappa shape index (κ3) is 4.21. The Morgan fingerprint density at radius 2 is 2.00 bits per heavy atom. The fourth-order valence-corrected chi connectivity index (χ4v) is 1.81. The van der Waals surface area contributed by atoms with E-state index < -0.39 is 0 Å². The quantitative estimate of drug-likeness (QED) is 0.702. The second-order valence-corrected chi connectivity index (χ2v) is 4.75. The number of amides is 1. The molecule has 0 unspecified atom stereocenters. The summed E-state index contributed by atoms with van der Waals surface area (Å²) in [6.07, 6.45) is 4.04. The first-order chi connectivity index (χ1) is 7.56. The zero-order valence-corrected chi connectivity index (χ0v) is 10.2. The monoisotopic (exact) mass is 227 g/mol. The van der Waals surface area contributed by atoms with Crippen LogP contribution in [-0.2, 0) is 14.3 Å². The summed E-state index contributed by atoms with van der Waals surface area (Å²) in [6.45, 7) is 5.05. The highest BCUT2D eigenvalue weighted by Gasteiger charge is 2.31. The number of nitrogens with one attached hydrogen (secondary N) is 1. The summed E-state index contributed by atoms with van der Waals surface area (Å²) >= 11 is 0. The van der Waals surface area contributed by atoms with Crippen molar-refractivity contribution in [2.24, 2.45) is 5.41 Å². The van der Waals surface area contributed by atoms with E-state index in [0.717, 1.165) is 6.54 Å². The van der Waals surface area contributed by atoms with Crippen LogP contribution in [-0.4, -0.2) is 25.0 Å². The first kappa shape index (κ1) is 13.0. The summed E-state index contributed by atoms with van der Waals surface area (Å²) in [4.78, 5) is 22.4. The van der Waals surface area contributed by atoms with Gasteiger partial charge in [-0.3, -0.25) is 9.59 Å². The summed E-state index contributed by atoms with van der Waals surface area (Å²) in [5.41, 5.74) is 0.291. The van der Waals surface area contributed by atoms with E-state index in [9.17, 15) is 9.59 Å². The van der Waals surface area contributed by atoms with Gasteiger partial charge in [0.1, 0.15) is 0 Å². The molecule has 0 atom stereocenters. The highest BCUT2D eigenvalue weighted by molar-refractivity contribution is 5.81. The van der Waals surface area contributed by atoms with Gasteiger partial charge in [-0.1, -0.05) is 13.3 Å². The van der Waals surface area contributed by atoms with Crippen molar-refractivity contribution in [1.29, 1.82) is 0 Å². The summed E-state index contributed by atoms with van der Waals surface area (Å²) in [5.74, 6) is -0.353. The Balaban J connectivity index is 2.09. The second kappa shape index (κ2) is 5.87. The number of carbonyl (C=O) groups is 2. The molecule has 0 aromatic carbocycles. The largest absolute Gasteiger partial charge is 0.466 e. The summed E-state index contributed by atoms with van der Waals surface area (Å²) in [5, 5.41) is 2.88. The van der Waals surface area contributed by atoms with Gasteiger partial charge in [-0.15, -0.1) is 0 Å². The maximum Gasteiger partial charge on any atom is 0.306 e. The van der Waals surface area contributed by atoms with Gasteiger partial charge in [0.25, 0.3) is 0 Å². The van der Waals surface area contributed by atoms with Crippen LogP contribution in [0.15, 0.2) is 0 Å². The molecule has 0 spiro atoms. The molecule has 1 aliphatic carbocycles. The van der Waals surface area contributed by atoms with Crippen molar-refractivity contribution in [3.63, 3.8) is 0 Å². The fraction of sp³-hybridized carbons (Fsp3) is 0.833. The number of ether oxygens (including phenoxy) is 1. The maximum atomic E-state index is 11.4. The Hall–Kier alpha value is -1.06. The molecule has 0 aromatic heterocycles. The van der Waals surface area contributed by atoms with Crippen molar-refractivity contribution in [3.05, 3.63) is 0 Å². The first-order valence-corrected chi connectivity index (χ1v) is 5.98. The molecule has 0 radical (unpaired) electrons. The molecule has 4 heteroatoms. The molecule has 1 fully saturated rings. The van der Waals surface area contributed by atoms with Crippen molar-refractivity contribution in [2.75, 3.05) is 13.2 Å². The van der Waals surface area contributed by atoms with Gasteiger partial charge >= 0.3 is 5.97 Å². The van der Waals surface area contributed by atoms with Gasteiger partial charge in [-0.05, 0) is 25.2 Å². The van der Waals surface area contributed by atoms with Crippen molar-refractivity contribution in [3.8, 4) is 0 Å². The summed E-state index contributed by atoms with van der Waals surface area (Å²) < 4.78 is 4.75. The van der Waals surface area contributed by atoms with E-state index in [1.165, 1.54) is 19.3 Å². The smallest absolute Gasteiger partial charge is 0.306 e. The summed E-state index contributed by atoms with van der Waals surface area (Å²) in [7, 11) is 0. The fourth-order valence-electron chi connectivity index (χ4n) is 1.81. The zero-order valence-electron chi connectivity index (χ0n) is 10.2. The van der Waals surface area contributed by atoms with E-state index in [4.69, 9.17) is 4.74 Å². The molecule has 0 aliphatic heterocycles. The van der Waals surface area contributed by atoms with Crippen LogP contribution in [0.25, 0.3) is 0 Å². The van der Waals surface area contributed by atoms with Crippen molar-refractivity contribution in [2.45, 2.75) is 46.0 Å². The van der Waals surface area contributed by atoms with Crippen LogP contribution < -0.4 is 5.32 Å². The molecule has 1 aliphatic rings. The van der Waals surface area contributed by atoms with Gasteiger partial charge in [-0.25, -0.2) is 0 Å². The van der Waals surface area contributed by atoms with Gasteiger partial charge in [-0.2, -0.15) is 0 Å². The number of esters is 1. The van der Waals surface area contributed by atoms with E-state index in [1.807, 2.05) is 0 Å². The third-order valence-electron chi connectivity index (χ3n) is 3.13. The van der Waals surface area contributed by atoms with Crippen LogP contribution in [0.1, 0.15) is 46.0 Å². The molecule has 92 valence electrons. The lowest BCUT2D eigenvalue weighted by atomic mass is 9.70. The van der Waals surface area contributed by atoms with Crippen LogP contribution in [0.2, 0.25) is 0 Å². The predicted molar refractivity (Wildman–Crippen MR) is 60.8 cm³/mol. The minimum atomic E-state index is -0.299. The molecular weight excluding hydrogens is 206 g/mol. The third-order valence-corrected chi connectivity index (χ3v) is 3.13. The molecule has 0 bridgehead atoms. The molecule has 1 N–H and O–H groups in total. The molecule has 0 heterocycles. The average Bonchev–Trinajstić information content (AvgIpc) is 2.21. The Labute approximate surface area is 96.7 Å². The Morgan fingerprint density at radius 1 is 1.31 bits per heavy atom. The topological polar surface area (TPSA) is 55.4 Å². The van der Waals surface area contributed by atoms with Gasteiger partial charge in [0.15, 0.2) is 0 Å². The van der Waals surface area contributed by atoms with E-state index in [2.05, 4.69) is 12.2 Å². The number of carbonyl (C=O) groups excluding carboxylic acids is 2.